The Morgan fingerprint density at radius 2 is 2.03 bits per heavy atom. The average molecular weight is 422 g/mol. The molecule has 5 nitrogen and oxygen atoms in total. The van der Waals surface area contributed by atoms with Crippen LogP contribution in [0.1, 0.15) is 16.9 Å². The van der Waals surface area contributed by atoms with E-state index >= 15 is 0 Å². The van der Waals surface area contributed by atoms with Crippen molar-refractivity contribution in [3.63, 3.8) is 0 Å². The van der Waals surface area contributed by atoms with E-state index in [0.29, 0.717) is 12.6 Å². The molecule has 1 aromatic carbocycles. The maximum atomic E-state index is 13.4. The Kier molecular flexibility index (Phi) is 6.23. The molecular formula is C19H14F4N4OS. The number of hydrazone groups is 1. The Balaban J connectivity index is 1.59. The second kappa shape index (κ2) is 8.82. The van der Waals surface area contributed by atoms with Crippen molar-refractivity contribution in [1.82, 2.24) is 15.7 Å². The van der Waals surface area contributed by atoms with Crippen LogP contribution in [0, 0.1) is 5.82 Å². The fourth-order valence-electron chi connectivity index (χ4n) is 2.35. The molecule has 0 bridgehead atoms. The minimum Gasteiger partial charge on any atom is -0.455 e. The number of hydrogen-bond donors (Lipinski definition) is 2. The van der Waals surface area contributed by atoms with Gasteiger partial charge < -0.3 is 9.73 Å². The second-order valence-electron chi connectivity index (χ2n) is 5.81. The summed E-state index contributed by atoms with van der Waals surface area (Å²) in [6.45, 7) is 0.464. The normalized spacial score (nSPS) is 11.6. The Morgan fingerprint density at radius 3 is 2.76 bits per heavy atom. The minimum absolute atomic E-state index is 0.0972. The molecule has 0 aliphatic rings. The van der Waals surface area contributed by atoms with Gasteiger partial charge in [0, 0.05) is 24.5 Å². The van der Waals surface area contributed by atoms with Crippen LogP contribution in [0.3, 0.4) is 0 Å². The summed E-state index contributed by atoms with van der Waals surface area (Å²) >= 11 is 5.08. The van der Waals surface area contributed by atoms with Crippen LogP contribution in [0.5, 0.6) is 0 Å². The average Bonchev–Trinajstić information content (AvgIpc) is 3.15. The van der Waals surface area contributed by atoms with E-state index in [9.17, 15) is 17.6 Å². The van der Waals surface area contributed by atoms with Crippen molar-refractivity contribution >= 4 is 23.5 Å². The van der Waals surface area contributed by atoms with Gasteiger partial charge in [-0.05, 0) is 54.2 Å². The molecule has 29 heavy (non-hydrogen) atoms. The van der Waals surface area contributed by atoms with Crippen LogP contribution in [0.4, 0.5) is 17.6 Å². The van der Waals surface area contributed by atoms with E-state index in [1.165, 1.54) is 24.4 Å². The highest BCUT2D eigenvalue weighted by Crippen LogP contribution is 2.34. The summed E-state index contributed by atoms with van der Waals surface area (Å²) in [6, 6.07) is 9.33. The number of benzene rings is 1. The molecule has 2 aromatic heterocycles. The van der Waals surface area contributed by atoms with Crippen LogP contribution < -0.4 is 10.7 Å². The smallest absolute Gasteiger partial charge is 0.419 e. The predicted molar refractivity (Wildman–Crippen MR) is 104 cm³/mol. The van der Waals surface area contributed by atoms with Gasteiger partial charge in [0.05, 0.1) is 11.8 Å². The van der Waals surface area contributed by atoms with Crippen molar-refractivity contribution in [2.24, 2.45) is 5.10 Å². The molecule has 0 fully saturated rings. The van der Waals surface area contributed by atoms with Gasteiger partial charge in [-0.1, -0.05) is 6.07 Å². The maximum Gasteiger partial charge on any atom is 0.419 e. The first-order chi connectivity index (χ1) is 13.8. The zero-order chi connectivity index (χ0) is 20.9. The van der Waals surface area contributed by atoms with Crippen LogP contribution in [0.25, 0.3) is 11.3 Å². The molecule has 3 rings (SSSR count). The van der Waals surface area contributed by atoms with Gasteiger partial charge >= 0.3 is 6.18 Å². The standard InChI is InChI=1S/C19H14F4N4OS/c20-16-5-3-13(8-15(16)19(21,22)23)17-6-4-14(28-17)11-26-27-18(29)25-10-12-2-1-7-24-9-12/h1-9,11H,10H2,(H2,25,27,29). The quantitative estimate of drug-likeness (QED) is 0.274. The number of nitrogens with zero attached hydrogens (tertiary/aromatic N) is 2. The van der Waals surface area contributed by atoms with Gasteiger partial charge in [0.2, 0.25) is 0 Å². The lowest BCUT2D eigenvalue weighted by Gasteiger charge is -2.08. The lowest BCUT2D eigenvalue weighted by Crippen LogP contribution is -2.31. The number of pyridine rings is 1. The van der Waals surface area contributed by atoms with Crippen molar-refractivity contribution in [2.45, 2.75) is 12.7 Å². The van der Waals surface area contributed by atoms with E-state index in [0.717, 1.165) is 11.6 Å². The molecule has 0 aliphatic heterocycles. The largest absolute Gasteiger partial charge is 0.455 e. The summed E-state index contributed by atoms with van der Waals surface area (Å²) < 4.78 is 57.4. The topological polar surface area (TPSA) is 62.5 Å². The predicted octanol–water partition coefficient (Wildman–Crippen LogP) is 4.50. The molecule has 0 unspecified atom stereocenters. The molecule has 2 heterocycles. The summed E-state index contributed by atoms with van der Waals surface area (Å²) in [4.78, 5) is 3.99. The first-order valence-corrected chi connectivity index (χ1v) is 8.66. The molecule has 0 saturated carbocycles. The highest BCUT2D eigenvalue weighted by Gasteiger charge is 2.34. The Labute approximate surface area is 168 Å². The summed E-state index contributed by atoms with van der Waals surface area (Å²) in [5.41, 5.74) is 2.28. The number of furan rings is 1. The minimum atomic E-state index is -4.79. The number of hydrogen-bond acceptors (Lipinski definition) is 4. The van der Waals surface area contributed by atoms with Crippen molar-refractivity contribution in [1.29, 1.82) is 0 Å². The van der Waals surface area contributed by atoms with Crippen LogP contribution >= 0.6 is 12.2 Å². The first kappa shape index (κ1) is 20.5. The van der Waals surface area contributed by atoms with E-state index in [1.807, 2.05) is 6.07 Å². The highest BCUT2D eigenvalue weighted by molar-refractivity contribution is 7.80. The Morgan fingerprint density at radius 1 is 1.21 bits per heavy atom. The van der Waals surface area contributed by atoms with Gasteiger partial charge in [0.1, 0.15) is 17.3 Å². The molecule has 0 aliphatic carbocycles. The molecule has 0 amide bonds. The fourth-order valence-corrected chi connectivity index (χ4v) is 2.48. The maximum absolute atomic E-state index is 13.4. The van der Waals surface area contributed by atoms with Gasteiger partial charge in [0.25, 0.3) is 0 Å². The van der Waals surface area contributed by atoms with Gasteiger partial charge in [-0.3, -0.25) is 10.4 Å². The van der Waals surface area contributed by atoms with Gasteiger partial charge in [-0.15, -0.1) is 0 Å². The molecular weight excluding hydrogens is 408 g/mol. The summed E-state index contributed by atoms with van der Waals surface area (Å²) in [6.07, 6.45) is -0.115. The number of aromatic nitrogens is 1. The fraction of sp³-hybridized carbons (Fsp3) is 0.105. The highest BCUT2D eigenvalue weighted by atomic mass is 32.1. The van der Waals surface area contributed by atoms with Crippen molar-refractivity contribution in [3.05, 3.63) is 77.6 Å². The molecule has 0 saturated heterocycles. The summed E-state index contributed by atoms with van der Waals surface area (Å²) in [5, 5.41) is 7.11. The van der Waals surface area contributed by atoms with E-state index in [4.69, 9.17) is 16.6 Å². The van der Waals surface area contributed by atoms with Crippen LogP contribution in [0.15, 0.2) is 64.4 Å². The first-order valence-electron chi connectivity index (χ1n) is 8.26. The van der Waals surface area contributed by atoms with E-state index in [1.54, 1.807) is 18.5 Å². The van der Waals surface area contributed by atoms with Crippen LogP contribution in [0.2, 0.25) is 0 Å². The molecule has 10 heteroatoms. The van der Waals surface area contributed by atoms with Gasteiger partial charge in [-0.2, -0.15) is 18.3 Å². The van der Waals surface area contributed by atoms with Crippen molar-refractivity contribution in [2.75, 3.05) is 0 Å². The number of thiocarbonyl (C=S) groups is 1. The molecule has 150 valence electrons. The number of nitrogens with one attached hydrogen (secondary N) is 2. The van der Waals surface area contributed by atoms with E-state index in [-0.39, 0.29) is 22.2 Å². The van der Waals surface area contributed by atoms with Gasteiger partial charge in [0.15, 0.2) is 5.11 Å². The monoisotopic (exact) mass is 422 g/mol. The van der Waals surface area contributed by atoms with Crippen LogP contribution in [-0.4, -0.2) is 16.3 Å². The number of halogens is 4. The molecule has 3 aromatic rings. The van der Waals surface area contributed by atoms with E-state index in [2.05, 4.69) is 20.8 Å². The number of alkyl halides is 3. The lowest BCUT2D eigenvalue weighted by molar-refractivity contribution is -0.139. The zero-order valence-corrected chi connectivity index (χ0v) is 15.5. The number of rotatable bonds is 5. The van der Waals surface area contributed by atoms with Crippen molar-refractivity contribution in [3.8, 4) is 11.3 Å². The third-order valence-electron chi connectivity index (χ3n) is 3.72. The van der Waals surface area contributed by atoms with Crippen molar-refractivity contribution < 1.29 is 22.0 Å². The molecule has 2 N–H and O–H groups in total. The Hall–Kier alpha value is -3.27. The van der Waals surface area contributed by atoms with Crippen LogP contribution in [-0.2, 0) is 12.7 Å². The van der Waals surface area contributed by atoms with Gasteiger partial charge in [-0.25, -0.2) is 4.39 Å². The third-order valence-corrected chi connectivity index (χ3v) is 3.95. The Bertz CT molecular complexity index is 1020. The second-order valence-corrected chi connectivity index (χ2v) is 6.22. The molecule has 0 radical (unpaired) electrons. The summed E-state index contributed by atoms with van der Waals surface area (Å²) in [7, 11) is 0. The SMILES string of the molecule is Fc1ccc(-c2ccc(C=NNC(=S)NCc3cccnc3)o2)cc1C(F)(F)F. The molecule has 0 atom stereocenters. The lowest BCUT2D eigenvalue weighted by atomic mass is 10.1. The zero-order valence-electron chi connectivity index (χ0n) is 14.7. The third kappa shape index (κ3) is 5.61. The molecule has 0 spiro atoms. The summed E-state index contributed by atoms with van der Waals surface area (Å²) in [5.74, 6) is -0.916. The van der Waals surface area contributed by atoms with E-state index < -0.39 is 17.6 Å².